The Bertz CT molecular complexity index is 391. The van der Waals surface area contributed by atoms with Crippen LogP contribution in [0.3, 0.4) is 0 Å². The van der Waals surface area contributed by atoms with Gasteiger partial charge in [0.1, 0.15) is 0 Å². The monoisotopic (exact) mass is 406 g/mol. The van der Waals surface area contributed by atoms with Gasteiger partial charge in [-0.25, -0.2) is 0 Å². The highest BCUT2D eigenvalue weighted by Gasteiger charge is 1.98. The fraction of sp³-hybridized carbons (Fsp3) is 0.632. The quantitative estimate of drug-likeness (QED) is 0.595. The van der Waals surface area contributed by atoms with Gasteiger partial charge in [-0.05, 0) is 68.4 Å². The van der Waals surface area contributed by atoms with Gasteiger partial charge in [-0.2, -0.15) is 0 Å². The van der Waals surface area contributed by atoms with Crippen molar-refractivity contribution < 1.29 is 20.1 Å². The van der Waals surface area contributed by atoms with E-state index < -0.39 is 16.8 Å². The van der Waals surface area contributed by atoms with E-state index in [4.69, 9.17) is 15.3 Å². The predicted molar refractivity (Wildman–Crippen MR) is 105 cm³/mol. The zero-order valence-corrected chi connectivity index (χ0v) is 18.1. The fourth-order valence-corrected chi connectivity index (χ4v) is 0.949. The molecule has 5 heteroatoms. The molecule has 0 saturated carbocycles. The van der Waals surface area contributed by atoms with E-state index in [9.17, 15) is 4.79 Å². The molecule has 0 saturated heterocycles. The molecule has 0 spiro atoms. The Morgan fingerprint density at radius 1 is 0.750 bits per heavy atom. The topological polar surface area (TPSA) is 77.8 Å². The zero-order valence-electron chi connectivity index (χ0n) is 16.5. The number of hydrogen-bond donors (Lipinski definition) is 3. The van der Waals surface area contributed by atoms with Crippen LogP contribution in [-0.4, -0.2) is 38.4 Å². The molecule has 0 fully saturated rings. The first-order valence-electron chi connectivity index (χ1n) is 7.71. The number of hydrogen-bond acceptors (Lipinski definition) is 4. The number of aldehydes is 1. The minimum atomic E-state index is -0.500. The van der Waals surface area contributed by atoms with Gasteiger partial charge in [0, 0.05) is 10.0 Å². The molecule has 0 bridgehead atoms. The lowest BCUT2D eigenvalue weighted by atomic mass is 10.2. The second-order valence-electron chi connectivity index (χ2n) is 8.15. The molecule has 1 rings (SSSR count). The molecule has 0 heterocycles. The first-order chi connectivity index (χ1) is 10.3. The Hall–Kier alpha value is -0.750. The first kappa shape index (κ1) is 28.1. The van der Waals surface area contributed by atoms with E-state index in [1.807, 2.05) is 18.2 Å². The third-order valence-electron chi connectivity index (χ3n) is 1.03. The van der Waals surface area contributed by atoms with Crippen LogP contribution in [0.15, 0.2) is 28.7 Å². The summed E-state index contributed by atoms with van der Waals surface area (Å²) in [6, 6.07) is 7.30. The van der Waals surface area contributed by atoms with Crippen LogP contribution >= 0.6 is 15.9 Å². The molecule has 0 atom stereocenters. The maximum atomic E-state index is 10.2. The first-order valence-corrected chi connectivity index (χ1v) is 8.50. The molecule has 0 aliphatic carbocycles. The molecule has 0 aromatic heterocycles. The molecule has 4 nitrogen and oxygen atoms in total. The summed E-state index contributed by atoms with van der Waals surface area (Å²) in [7, 11) is 0. The summed E-state index contributed by atoms with van der Waals surface area (Å²) >= 11 is 3.23. The predicted octanol–water partition coefficient (Wildman–Crippen LogP) is 4.59. The van der Waals surface area contributed by atoms with Crippen molar-refractivity contribution in [3.8, 4) is 0 Å². The van der Waals surface area contributed by atoms with Crippen molar-refractivity contribution in [1.82, 2.24) is 0 Å². The number of carbonyl (C=O) groups excluding carboxylic acids is 1. The Balaban J connectivity index is -0.000000259. The van der Waals surface area contributed by atoms with E-state index >= 15 is 0 Å². The minimum Gasteiger partial charge on any atom is -0.391 e. The van der Waals surface area contributed by atoms with E-state index in [0.717, 1.165) is 10.8 Å². The molecular weight excluding hydrogens is 372 g/mol. The molecule has 0 aliphatic rings. The standard InChI is InChI=1S/C7H5BrO.3C4H10O/c8-7-4-2-1-3-6(7)5-9;3*1-4(2,3)5/h1-5H;3*5H,1-3H3. The van der Waals surface area contributed by atoms with Crippen molar-refractivity contribution in [3.05, 3.63) is 34.3 Å². The average molecular weight is 407 g/mol. The summed E-state index contributed by atoms with van der Waals surface area (Å²) < 4.78 is 0.847. The summed E-state index contributed by atoms with van der Waals surface area (Å²) in [5.74, 6) is 0. The van der Waals surface area contributed by atoms with Crippen molar-refractivity contribution in [2.24, 2.45) is 0 Å². The van der Waals surface area contributed by atoms with Gasteiger partial charge in [-0.3, -0.25) is 4.79 Å². The number of benzene rings is 1. The molecule has 3 N–H and O–H groups in total. The van der Waals surface area contributed by atoms with Crippen LogP contribution in [0.25, 0.3) is 0 Å². The Kier molecular flexibility index (Phi) is 14.7. The Labute approximate surface area is 156 Å². The molecule has 0 aliphatic heterocycles. The van der Waals surface area contributed by atoms with Gasteiger partial charge in [-0.1, -0.05) is 34.1 Å². The normalized spacial score (nSPS) is 10.9. The third-order valence-corrected chi connectivity index (χ3v) is 1.75. The van der Waals surface area contributed by atoms with E-state index in [0.29, 0.717) is 5.56 Å². The van der Waals surface area contributed by atoms with Gasteiger partial charge in [-0.15, -0.1) is 0 Å². The summed E-state index contributed by atoms with van der Waals surface area (Å²) in [5, 5.41) is 25.6. The maximum Gasteiger partial charge on any atom is 0.151 e. The lowest BCUT2D eigenvalue weighted by Gasteiger charge is -2.04. The molecule has 1 aromatic rings. The van der Waals surface area contributed by atoms with Gasteiger partial charge >= 0.3 is 0 Å². The van der Waals surface area contributed by atoms with Gasteiger partial charge < -0.3 is 15.3 Å². The van der Waals surface area contributed by atoms with E-state index in [2.05, 4.69) is 15.9 Å². The minimum absolute atomic E-state index is 0.500. The van der Waals surface area contributed by atoms with Gasteiger partial charge in [0.05, 0.1) is 16.8 Å². The van der Waals surface area contributed by atoms with Crippen LogP contribution in [-0.2, 0) is 0 Å². The summed E-state index contributed by atoms with van der Waals surface area (Å²) in [5.41, 5.74) is -0.808. The van der Waals surface area contributed by atoms with Crippen LogP contribution in [0.2, 0.25) is 0 Å². The van der Waals surface area contributed by atoms with E-state index in [1.54, 1.807) is 68.4 Å². The van der Waals surface area contributed by atoms with E-state index in [1.165, 1.54) is 0 Å². The van der Waals surface area contributed by atoms with Crippen molar-refractivity contribution in [1.29, 1.82) is 0 Å². The molecule has 0 radical (unpaired) electrons. The molecular formula is C19H35BrO4. The van der Waals surface area contributed by atoms with Crippen molar-refractivity contribution in [3.63, 3.8) is 0 Å². The average Bonchev–Trinajstić information content (AvgIpc) is 2.22. The second-order valence-corrected chi connectivity index (χ2v) is 9.01. The number of carbonyl (C=O) groups is 1. The lowest BCUT2D eigenvalue weighted by Crippen LogP contribution is -2.10. The van der Waals surface area contributed by atoms with Crippen molar-refractivity contribution in [2.75, 3.05) is 0 Å². The molecule has 1 aromatic carbocycles. The highest BCUT2D eigenvalue weighted by Crippen LogP contribution is 2.12. The third kappa shape index (κ3) is 58.1. The SMILES string of the molecule is CC(C)(C)O.CC(C)(C)O.CC(C)(C)O.O=Cc1ccccc1Br. The molecule has 24 heavy (non-hydrogen) atoms. The smallest absolute Gasteiger partial charge is 0.151 e. The van der Waals surface area contributed by atoms with Crippen LogP contribution in [0.1, 0.15) is 72.7 Å². The van der Waals surface area contributed by atoms with Crippen molar-refractivity contribution in [2.45, 2.75) is 79.1 Å². The summed E-state index contributed by atoms with van der Waals surface area (Å²) in [4.78, 5) is 10.2. The van der Waals surface area contributed by atoms with E-state index in [-0.39, 0.29) is 0 Å². The number of aliphatic hydroxyl groups is 3. The van der Waals surface area contributed by atoms with Crippen LogP contribution in [0.5, 0.6) is 0 Å². The fourth-order valence-electron chi connectivity index (χ4n) is 0.571. The van der Waals surface area contributed by atoms with Crippen LogP contribution in [0.4, 0.5) is 0 Å². The number of rotatable bonds is 1. The number of halogens is 1. The second kappa shape index (κ2) is 12.6. The highest BCUT2D eigenvalue weighted by molar-refractivity contribution is 9.10. The lowest BCUT2D eigenvalue weighted by molar-refractivity contribution is 0.101. The largest absolute Gasteiger partial charge is 0.391 e. The molecule has 0 amide bonds. The van der Waals surface area contributed by atoms with Crippen molar-refractivity contribution >= 4 is 22.2 Å². The summed E-state index contributed by atoms with van der Waals surface area (Å²) in [6.07, 6.45) is 0.823. The maximum absolute atomic E-state index is 10.2. The van der Waals surface area contributed by atoms with Crippen LogP contribution < -0.4 is 0 Å². The van der Waals surface area contributed by atoms with Gasteiger partial charge in [0.2, 0.25) is 0 Å². The van der Waals surface area contributed by atoms with Crippen LogP contribution in [0, 0.1) is 0 Å². The Morgan fingerprint density at radius 2 is 1.00 bits per heavy atom. The zero-order chi connectivity index (χ0) is 20.2. The van der Waals surface area contributed by atoms with Gasteiger partial charge in [0.15, 0.2) is 6.29 Å². The summed E-state index contributed by atoms with van der Waals surface area (Å²) in [6.45, 7) is 15.7. The molecule has 0 unspecified atom stereocenters. The van der Waals surface area contributed by atoms with Gasteiger partial charge in [0.25, 0.3) is 0 Å². The Morgan fingerprint density at radius 3 is 1.17 bits per heavy atom. The molecule has 142 valence electrons. The highest BCUT2D eigenvalue weighted by atomic mass is 79.9.